The molecule has 1 amide bonds. The molecule has 0 radical (unpaired) electrons. The van der Waals surface area contributed by atoms with E-state index in [1.165, 1.54) is 9.87 Å². The Morgan fingerprint density at radius 3 is 2.00 bits per heavy atom. The Hall–Kier alpha value is -3.12. The third-order valence-electron chi connectivity index (χ3n) is 6.24. The molecule has 0 spiro atoms. The van der Waals surface area contributed by atoms with Gasteiger partial charge < -0.3 is 5.32 Å². The number of anilines is 1. The normalized spacial score (nSPS) is 12.3. The molecule has 0 bridgehead atoms. The minimum atomic E-state index is -3.95. The molecule has 3 aromatic rings. The van der Waals surface area contributed by atoms with Crippen LogP contribution in [-0.2, 0) is 14.8 Å². The first kappa shape index (κ1) is 25.5. The minimum absolute atomic E-state index is 0.156. The molecule has 0 aliphatic rings. The van der Waals surface area contributed by atoms with Gasteiger partial charge in [0.05, 0.1) is 16.6 Å². The number of nitrogens with one attached hydrogen (secondary N) is 1. The standard InChI is InChI=1S/C28H34N2O3S/c1-18-8-11-25(12-9-18)34(32,33)30(27-13-10-19(2)14-23(27)6)17-28(31)29-24(7)26-16-21(4)20(3)15-22(26)5/h8-16,24H,17H2,1-7H3,(H,29,31). The van der Waals surface area contributed by atoms with Crippen LogP contribution >= 0.6 is 0 Å². The largest absolute Gasteiger partial charge is 0.348 e. The van der Waals surface area contributed by atoms with E-state index in [1.54, 1.807) is 30.3 Å². The molecule has 34 heavy (non-hydrogen) atoms. The number of rotatable bonds is 7. The lowest BCUT2D eigenvalue weighted by molar-refractivity contribution is -0.120. The fourth-order valence-corrected chi connectivity index (χ4v) is 5.65. The van der Waals surface area contributed by atoms with E-state index in [0.29, 0.717) is 5.69 Å². The van der Waals surface area contributed by atoms with Crippen LogP contribution in [0.3, 0.4) is 0 Å². The van der Waals surface area contributed by atoms with Crippen molar-refractivity contribution in [2.45, 2.75) is 59.4 Å². The van der Waals surface area contributed by atoms with Crippen LogP contribution in [-0.4, -0.2) is 20.9 Å². The van der Waals surface area contributed by atoms with Crippen LogP contribution in [0.15, 0.2) is 59.5 Å². The molecular formula is C28H34N2O3S. The topological polar surface area (TPSA) is 66.5 Å². The second-order valence-electron chi connectivity index (χ2n) is 9.20. The molecule has 0 fully saturated rings. The molecule has 0 aliphatic carbocycles. The van der Waals surface area contributed by atoms with E-state index in [4.69, 9.17) is 0 Å². The van der Waals surface area contributed by atoms with Crippen molar-refractivity contribution in [1.82, 2.24) is 5.32 Å². The molecule has 6 heteroatoms. The summed E-state index contributed by atoms with van der Waals surface area (Å²) in [7, 11) is -3.95. The maximum Gasteiger partial charge on any atom is 0.264 e. The van der Waals surface area contributed by atoms with Gasteiger partial charge in [-0.05, 0) is 94.5 Å². The fourth-order valence-electron chi connectivity index (χ4n) is 4.17. The lowest BCUT2D eigenvalue weighted by atomic mass is 9.96. The summed E-state index contributed by atoms with van der Waals surface area (Å²) in [5.41, 5.74) is 7.75. The lowest BCUT2D eigenvalue weighted by Gasteiger charge is -2.27. The van der Waals surface area contributed by atoms with Gasteiger partial charge in [-0.15, -0.1) is 0 Å². The number of sulfonamides is 1. The Morgan fingerprint density at radius 2 is 1.38 bits per heavy atom. The smallest absolute Gasteiger partial charge is 0.264 e. The summed E-state index contributed by atoms with van der Waals surface area (Å²) in [4.78, 5) is 13.3. The van der Waals surface area contributed by atoms with Gasteiger partial charge in [-0.25, -0.2) is 8.42 Å². The quantitative estimate of drug-likeness (QED) is 0.480. The van der Waals surface area contributed by atoms with Crippen molar-refractivity contribution in [2.24, 2.45) is 0 Å². The maximum absolute atomic E-state index is 13.7. The Kier molecular flexibility index (Phi) is 7.51. The van der Waals surface area contributed by atoms with Crippen LogP contribution < -0.4 is 9.62 Å². The summed E-state index contributed by atoms with van der Waals surface area (Å²) < 4.78 is 28.5. The van der Waals surface area contributed by atoms with Gasteiger partial charge in [-0.3, -0.25) is 9.10 Å². The predicted molar refractivity (Wildman–Crippen MR) is 139 cm³/mol. The van der Waals surface area contributed by atoms with Crippen molar-refractivity contribution in [2.75, 3.05) is 10.8 Å². The highest BCUT2D eigenvalue weighted by molar-refractivity contribution is 7.92. The SMILES string of the molecule is Cc1ccc(S(=O)(=O)N(CC(=O)NC(C)c2cc(C)c(C)cc2C)c2ccc(C)cc2C)cc1. The predicted octanol–water partition coefficient (Wildman–Crippen LogP) is 5.61. The minimum Gasteiger partial charge on any atom is -0.348 e. The molecule has 0 aromatic heterocycles. The first-order chi connectivity index (χ1) is 15.9. The third kappa shape index (κ3) is 5.50. The Bertz CT molecular complexity index is 1310. The Balaban J connectivity index is 1.95. The summed E-state index contributed by atoms with van der Waals surface area (Å²) in [6.07, 6.45) is 0. The van der Waals surface area contributed by atoms with E-state index in [2.05, 4.69) is 24.4 Å². The van der Waals surface area contributed by atoms with E-state index in [9.17, 15) is 13.2 Å². The van der Waals surface area contributed by atoms with E-state index in [1.807, 2.05) is 53.7 Å². The highest BCUT2D eigenvalue weighted by Crippen LogP contribution is 2.28. The van der Waals surface area contributed by atoms with Crippen LogP contribution in [0.1, 0.15) is 51.9 Å². The number of aryl methyl sites for hydroxylation is 6. The van der Waals surface area contributed by atoms with Gasteiger partial charge in [0.25, 0.3) is 10.0 Å². The second-order valence-corrected chi connectivity index (χ2v) is 11.1. The molecule has 180 valence electrons. The first-order valence-corrected chi connectivity index (χ1v) is 12.9. The average molecular weight is 479 g/mol. The number of hydrogen-bond donors (Lipinski definition) is 1. The van der Waals surface area contributed by atoms with E-state index >= 15 is 0 Å². The maximum atomic E-state index is 13.7. The van der Waals surface area contributed by atoms with Gasteiger partial charge in [0.2, 0.25) is 5.91 Å². The van der Waals surface area contributed by atoms with Gasteiger partial charge in [-0.1, -0.05) is 47.5 Å². The fraction of sp³-hybridized carbons (Fsp3) is 0.321. The van der Waals surface area contributed by atoms with Crippen LogP contribution in [0.25, 0.3) is 0 Å². The molecule has 0 aliphatic heterocycles. The van der Waals surface area contributed by atoms with Crippen molar-refractivity contribution >= 4 is 21.6 Å². The van der Waals surface area contributed by atoms with Crippen molar-refractivity contribution in [3.05, 3.63) is 93.5 Å². The number of carbonyl (C=O) groups excluding carboxylic acids is 1. The van der Waals surface area contributed by atoms with Crippen molar-refractivity contribution < 1.29 is 13.2 Å². The molecule has 1 atom stereocenters. The lowest BCUT2D eigenvalue weighted by Crippen LogP contribution is -2.42. The van der Waals surface area contributed by atoms with E-state index in [-0.39, 0.29) is 23.4 Å². The second kappa shape index (κ2) is 10.0. The van der Waals surface area contributed by atoms with Crippen LogP contribution in [0.4, 0.5) is 5.69 Å². The molecule has 5 nitrogen and oxygen atoms in total. The number of benzene rings is 3. The summed E-state index contributed by atoms with van der Waals surface area (Å²) in [6.45, 7) is 13.5. The van der Waals surface area contributed by atoms with Crippen LogP contribution in [0.2, 0.25) is 0 Å². The zero-order valence-corrected chi connectivity index (χ0v) is 21.9. The van der Waals surface area contributed by atoms with Gasteiger partial charge >= 0.3 is 0 Å². The van der Waals surface area contributed by atoms with Gasteiger partial charge in [0, 0.05) is 0 Å². The average Bonchev–Trinajstić information content (AvgIpc) is 2.75. The van der Waals surface area contributed by atoms with Gasteiger partial charge in [0.15, 0.2) is 0 Å². The third-order valence-corrected chi connectivity index (χ3v) is 8.02. The van der Waals surface area contributed by atoms with Crippen molar-refractivity contribution in [3.63, 3.8) is 0 Å². The molecule has 0 saturated carbocycles. The molecule has 0 heterocycles. The highest BCUT2D eigenvalue weighted by atomic mass is 32.2. The number of hydrogen-bond acceptors (Lipinski definition) is 3. The van der Waals surface area contributed by atoms with Crippen molar-refractivity contribution in [3.8, 4) is 0 Å². The molecular weight excluding hydrogens is 444 g/mol. The molecule has 1 N–H and O–H groups in total. The zero-order chi connectivity index (χ0) is 25.2. The first-order valence-electron chi connectivity index (χ1n) is 11.4. The van der Waals surface area contributed by atoms with Gasteiger partial charge in [0.1, 0.15) is 6.54 Å². The Morgan fingerprint density at radius 1 is 0.794 bits per heavy atom. The summed E-state index contributed by atoms with van der Waals surface area (Å²) in [5, 5.41) is 3.00. The Labute approximate surface area is 203 Å². The summed E-state index contributed by atoms with van der Waals surface area (Å²) >= 11 is 0. The number of carbonyl (C=O) groups is 1. The van der Waals surface area contributed by atoms with Crippen LogP contribution in [0.5, 0.6) is 0 Å². The van der Waals surface area contributed by atoms with E-state index in [0.717, 1.165) is 33.4 Å². The summed E-state index contributed by atoms with van der Waals surface area (Å²) in [6, 6.07) is 16.2. The van der Waals surface area contributed by atoms with Crippen molar-refractivity contribution in [1.29, 1.82) is 0 Å². The molecule has 3 rings (SSSR count). The molecule has 3 aromatic carbocycles. The van der Waals surface area contributed by atoms with E-state index < -0.39 is 10.0 Å². The number of amides is 1. The van der Waals surface area contributed by atoms with Gasteiger partial charge in [-0.2, -0.15) is 0 Å². The molecule has 1 unspecified atom stereocenters. The highest BCUT2D eigenvalue weighted by Gasteiger charge is 2.29. The van der Waals surface area contributed by atoms with Crippen LogP contribution in [0, 0.1) is 41.5 Å². The summed E-state index contributed by atoms with van der Waals surface area (Å²) in [5.74, 6) is -0.360. The number of nitrogens with zero attached hydrogens (tertiary/aromatic N) is 1. The monoisotopic (exact) mass is 478 g/mol. The zero-order valence-electron chi connectivity index (χ0n) is 21.1. The molecule has 0 saturated heterocycles.